The Morgan fingerprint density at radius 3 is 2.64 bits per heavy atom. The fourth-order valence-electron chi connectivity index (χ4n) is 3.58. The van der Waals surface area contributed by atoms with Gasteiger partial charge in [-0.1, -0.05) is 18.2 Å². The van der Waals surface area contributed by atoms with Crippen LogP contribution in [-0.2, 0) is 21.2 Å². The van der Waals surface area contributed by atoms with E-state index in [0.29, 0.717) is 12.4 Å². The first kappa shape index (κ1) is 20.4. The number of carbonyl (C=O) groups is 1. The summed E-state index contributed by atoms with van der Waals surface area (Å²) in [6.07, 6.45) is 0.774. The number of likely N-dealkylation sites (N-methyl/N-ethyl adjacent to an activating group) is 1. The molecule has 0 N–H and O–H groups in total. The smallest absolute Gasteiger partial charge is 0.243 e. The third-order valence-corrected chi connectivity index (χ3v) is 6.79. The van der Waals surface area contributed by atoms with Gasteiger partial charge in [0.1, 0.15) is 5.75 Å². The third kappa shape index (κ3) is 3.77. The first-order chi connectivity index (χ1) is 13.3. The number of rotatable bonds is 6. The van der Waals surface area contributed by atoms with Crippen LogP contribution in [-0.4, -0.2) is 44.9 Å². The maximum Gasteiger partial charge on any atom is 0.243 e. The Balaban J connectivity index is 1.79. The second-order valence-electron chi connectivity index (χ2n) is 7.07. The average Bonchev–Trinajstić information content (AvgIpc) is 2.99. The Hall–Kier alpha value is -2.38. The summed E-state index contributed by atoms with van der Waals surface area (Å²) >= 11 is 0. The minimum atomic E-state index is -3.78. The molecule has 0 saturated heterocycles. The standard InChI is InChI=1S/C21H26N2O4S/c1-5-27-20-11-10-18(12-15(20)2)28(25,26)22(4)14-21(24)23-16(3)13-17-8-6-7-9-19(17)23/h6-12,16H,5,13-14H2,1-4H3/t16-/m0/s1. The van der Waals surface area contributed by atoms with Gasteiger partial charge in [0.05, 0.1) is 18.0 Å². The molecule has 0 fully saturated rings. The van der Waals surface area contributed by atoms with Crippen molar-refractivity contribution in [2.45, 2.75) is 38.1 Å². The van der Waals surface area contributed by atoms with E-state index < -0.39 is 10.0 Å². The molecule has 0 radical (unpaired) electrons. The highest BCUT2D eigenvalue weighted by molar-refractivity contribution is 7.89. The van der Waals surface area contributed by atoms with Crippen LogP contribution in [0.1, 0.15) is 25.0 Å². The number of carbonyl (C=O) groups excluding carboxylic acids is 1. The van der Waals surface area contributed by atoms with Crippen molar-refractivity contribution in [2.75, 3.05) is 25.1 Å². The van der Waals surface area contributed by atoms with Crippen LogP contribution in [0.2, 0.25) is 0 Å². The Kier molecular flexibility index (Phi) is 5.76. The van der Waals surface area contributed by atoms with Gasteiger partial charge in [0.25, 0.3) is 0 Å². The number of hydrogen-bond acceptors (Lipinski definition) is 4. The number of amides is 1. The lowest BCUT2D eigenvalue weighted by atomic mass is 10.1. The predicted molar refractivity (Wildman–Crippen MR) is 109 cm³/mol. The predicted octanol–water partition coefficient (Wildman–Crippen LogP) is 2.99. The van der Waals surface area contributed by atoms with Crippen LogP contribution in [0.15, 0.2) is 47.4 Å². The van der Waals surface area contributed by atoms with Crippen LogP contribution in [0.4, 0.5) is 5.69 Å². The van der Waals surface area contributed by atoms with Crippen molar-refractivity contribution in [1.29, 1.82) is 0 Å². The van der Waals surface area contributed by atoms with E-state index in [1.54, 1.807) is 24.0 Å². The minimum absolute atomic E-state index is 0.00808. The molecule has 7 heteroatoms. The van der Waals surface area contributed by atoms with Gasteiger partial charge in [-0.2, -0.15) is 4.31 Å². The lowest BCUT2D eigenvalue weighted by molar-refractivity contribution is -0.118. The molecule has 6 nitrogen and oxygen atoms in total. The van der Waals surface area contributed by atoms with Gasteiger partial charge < -0.3 is 9.64 Å². The molecular weight excluding hydrogens is 376 g/mol. The number of ether oxygens (including phenoxy) is 1. The number of anilines is 1. The molecule has 0 unspecified atom stereocenters. The Morgan fingerprint density at radius 2 is 1.96 bits per heavy atom. The van der Waals surface area contributed by atoms with Gasteiger partial charge in [0.15, 0.2) is 0 Å². The van der Waals surface area contributed by atoms with E-state index in [1.807, 2.05) is 38.1 Å². The van der Waals surface area contributed by atoms with E-state index in [2.05, 4.69) is 0 Å². The summed E-state index contributed by atoms with van der Waals surface area (Å²) in [7, 11) is -2.35. The number of sulfonamides is 1. The molecule has 1 aliphatic heterocycles. The van der Waals surface area contributed by atoms with E-state index in [-0.39, 0.29) is 23.4 Å². The van der Waals surface area contributed by atoms with Crippen LogP contribution in [0.5, 0.6) is 5.75 Å². The topological polar surface area (TPSA) is 66.9 Å². The number of benzene rings is 2. The van der Waals surface area contributed by atoms with Gasteiger partial charge in [0, 0.05) is 18.8 Å². The van der Waals surface area contributed by atoms with Gasteiger partial charge in [-0.3, -0.25) is 4.79 Å². The minimum Gasteiger partial charge on any atom is -0.494 e. The Morgan fingerprint density at radius 1 is 1.25 bits per heavy atom. The zero-order valence-electron chi connectivity index (χ0n) is 16.7. The number of fused-ring (bicyclic) bond motifs is 1. The lowest BCUT2D eigenvalue weighted by Crippen LogP contribution is -2.43. The van der Waals surface area contributed by atoms with Crippen molar-refractivity contribution in [3.63, 3.8) is 0 Å². The molecule has 1 amide bonds. The fraction of sp³-hybridized carbons (Fsp3) is 0.381. The molecule has 1 heterocycles. The summed E-state index contributed by atoms with van der Waals surface area (Å²) in [4.78, 5) is 14.8. The normalized spacial score (nSPS) is 16.3. The lowest BCUT2D eigenvalue weighted by Gasteiger charge is -2.25. The SMILES string of the molecule is CCOc1ccc(S(=O)(=O)N(C)CC(=O)N2c3ccccc3C[C@@H]2C)cc1C. The van der Waals surface area contributed by atoms with Crippen LogP contribution in [0, 0.1) is 6.92 Å². The molecule has 150 valence electrons. The maximum atomic E-state index is 12.9. The zero-order chi connectivity index (χ0) is 20.5. The monoisotopic (exact) mass is 402 g/mol. The first-order valence-electron chi connectivity index (χ1n) is 9.35. The number of aryl methyl sites for hydroxylation is 1. The fourth-order valence-corrected chi connectivity index (χ4v) is 4.78. The van der Waals surface area contributed by atoms with Gasteiger partial charge in [-0.25, -0.2) is 8.42 Å². The summed E-state index contributed by atoms with van der Waals surface area (Å²) < 4.78 is 32.5. The van der Waals surface area contributed by atoms with E-state index in [1.165, 1.54) is 13.1 Å². The molecule has 3 rings (SSSR count). The van der Waals surface area contributed by atoms with Gasteiger partial charge in [0.2, 0.25) is 15.9 Å². The van der Waals surface area contributed by atoms with Crippen LogP contribution in [0.25, 0.3) is 0 Å². The van der Waals surface area contributed by atoms with E-state index >= 15 is 0 Å². The van der Waals surface area contributed by atoms with Crippen molar-refractivity contribution in [1.82, 2.24) is 4.31 Å². The quantitative estimate of drug-likeness (QED) is 0.745. The summed E-state index contributed by atoms with van der Waals surface area (Å²) in [5.74, 6) is 0.425. The van der Waals surface area contributed by atoms with Gasteiger partial charge >= 0.3 is 0 Å². The number of para-hydroxylation sites is 1. The molecule has 0 aliphatic carbocycles. The molecule has 0 aromatic heterocycles. The first-order valence-corrected chi connectivity index (χ1v) is 10.8. The van der Waals surface area contributed by atoms with E-state index in [4.69, 9.17) is 4.74 Å². The summed E-state index contributed by atoms with van der Waals surface area (Å²) in [5, 5.41) is 0. The number of nitrogens with zero attached hydrogens (tertiary/aromatic N) is 2. The summed E-state index contributed by atoms with van der Waals surface area (Å²) in [5.41, 5.74) is 2.71. The van der Waals surface area contributed by atoms with Gasteiger partial charge in [-0.15, -0.1) is 0 Å². The molecule has 0 spiro atoms. The number of hydrogen-bond donors (Lipinski definition) is 0. The van der Waals surface area contributed by atoms with E-state index in [0.717, 1.165) is 27.5 Å². The molecule has 28 heavy (non-hydrogen) atoms. The highest BCUT2D eigenvalue weighted by Gasteiger charge is 2.33. The van der Waals surface area contributed by atoms with Gasteiger partial charge in [-0.05, 0) is 62.6 Å². The van der Waals surface area contributed by atoms with Crippen molar-refractivity contribution in [3.05, 3.63) is 53.6 Å². The maximum absolute atomic E-state index is 12.9. The second-order valence-corrected chi connectivity index (χ2v) is 9.11. The molecule has 0 saturated carbocycles. The summed E-state index contributed by atoms with van der Waals surface area (Å²) in [6.45, 7) is 5.95. The van der Waals surface area contributed by atoms with Crippen molar-refractivity contribution in [3.8, 4) is 5.75 Å². The second kappa shape index (κ2) is 7.93. The molecular formula is C21H26N2O4S. The third-order valence-electron chi connectivity index (χ3n) is 4.99. The molecule has 2 aromatic carbocycles. The van der Waals surface area contributed by atoms with E-state index in [9.17, 15) is 13.2 Å². The zero-order valence-corrected chi connectivity index (χ0v) is 17.5. The van der Waals surface area contributed by atoms with Crippen LogP contribution in [0.3, 0.4) is 0 Å². The highest BCUT2D eigenvalue weighted by atomic mass is 32.2. The molecule has 0 bridgehead atoms. The molecule has 1 aliphatic rings. The molecule has 1 atom stereocenters. The van der Waals surface area contributed by atoms with Crippen LogP contribution < -0.4 is 9.64 Å². The highest BCUT2D eigenvalue weighted by Crippen LogP contribution is 2.32. The van der Waals surface area contributed by atoms with Crippen molar-refractivity contribution in [2.24, 2.45) is 0 Å². The Bertz CT molecular complexity index is 988. The molecule has 2 aromatic rings. The largest absolute Gasteiger partial charge is 0.494 e. The van der Waals surface area contributed by atoms with Crippen molar-refractivity contribution >= 4 is 21.6 Å². The Labute approximate surface area is 166 Å². The van der Waals surface area contributed by atoms with Crippen LogP contribution >= 0.6 is 0 Å². The average molecular weight is 403 g/mol. The van der Waals surface area contributed by atoms with Crippen molar-refractivity contribution < 1.29 is 17.9 Å². The summed E-state index contributed by atoms with van der Waals surface area (Å²) in [6, 6.07) is 12.5.